The Labute approximate surface area is 161 Å². The third-order valence-corrected chi connectivity index (χ3v) is 4.83. The first-order valence-electron chi connectivity index (χ1n) is 8.97. The molecule has 0 spiro atoms. The van der Waals surface area contributed by atoms with Gasteiger partial charge in [-0.15, -0.1) is 0 Å². The topological polar surface area (TPSA) is 65.4 Å². The predicted octanol–water partition coefficient (Wildman–Crippen LogP) is 3.59. The van der Waals surface area contributed by atoms with E-state index in [0.29, 0.717) is 18.7 Å². The summed E-state index contributed by atoms with van der Waals surface area (Å²) in [7, 11) is 0. The first kappa shape index (κ1) is 16.6. The van der Waals surface area contributed by atoms with Crippen molar-refractivity contribution < 1.29 is 4.39 Å². The summed E-state index contributed by atoms with van der Waals surface area (Å²) in [5.74, 6) is 0.533. The van der Waals surface area contributed by atoms with Gasteiger partial charge in [0.05, 0.1) is 24.1 Å². The number of hydrogen-bond acceptors (Lipinski definition) is 6. The van der Waals surface area contributed by atoms with Crippen molar-refractivity contribution in [2.75, 3.05) is 11.9 Å². The zero-order valence-corrected chi connectivity index (χ0v) is 14.9. The highest BCUT2D eigenvalue weighted by Gasteiger charge is 2.25. The molecule has 3 aromatic rings. The van der Waals surface area contributed by atoms with Crippen LogP contribution in [0.25, 0.3) is 11.3 Å². The van der Waals surface area contributed by atoms with Gasteiger partial charge in [-0.05, 0) is 24.3 Å². The van der Waals surface area contributed by atoms with Crippen LogP contribution in [0.3, 0.4) is 0 Å². The van der Waals surface area contributed by atoms with Crippen molar-refractivity contribution in [1.29, 1.82) is 0 Å². The van der Waals surface area contributed by atoms with Crippen molar-refractivity contribution in [3.8, 4) is 0 Å². The molecule has 0 amide bonds. The van der Waals surface area contributed by atoms with Crippen molar-refractivity contribution in [1.82, 2.24) is 20.4 Å². The van der Waals surface area contributed by atoms with Gasteiger partial charge in [-0.25, -0.2) is 19.8 Å². The Kier molecular flexibility index (Phi) is 4.06. The quantitative estimate of drug-likeness (QED) is 0.736. The van der Waals surface area contributed by atoms with E-state index in [1.54, 1.807) is 37.1 Å². The fourth-order valence-corrected chi connectivity index (χ4v) is 3.44. The lowest BCUT2D eigenvalue weighted by molar-refractivity contribution is 0.341. The Morgan fingerprint density at radius 1 is 1.07 bits per heavy atom. The summed E-state index contributed by atoms with van der Waals surface area (Å²) in [5.41, 5.74) is 8.65. The lowest BCUT2D eigenvalue weighted by atomic mass is 10.0. The molecule has 2 N–H and O–H groups in total. The molecule has 0 atom stereocenters. The Bertz CT molecular complexity index is 1110. The first-order chi connectivity index (χ1) is 13.8. The molecule has 6 nitrogen and oxygen atoms in total. The Hall–Kier alpha value is -3.58. The second kappa shape index (κ2) is 6.86. The molecule has 0 saturated heterocycles. The van der Waals surface area contributed by atoms with E-state index in [1.807, 2.05) is 29.3 Å². The van der Waals surface area contributed by atoms with Crippen molar-refractivity contribution in [2.45, 2.75) is 6.54 Å². The van der Waals surface area contributed by atoms with E-state index >= 15 is 0 Å². The lowest BCUT2D eigenvalue weighted by Crippen LogP contribution is -2.39. The highest BCUT2D eigenvalue weighted by molar-refractivity contribution is 6.03. The molecule has 2 aromatic heterocycles. The zero-order valence-electron chi connectivity index (χ0n) is 14.9. The summed E-state index contributed by atoms with van der Waals surface area (Å²) in [6, 6.07) is 12.6. The molecule has 28 heavy (non-hydrogen) atoms. The van der Waals surface area contributed by atoms with Gasteiger partial charge in [-0.3, -0.25) is 9.99 Å². The van der Waals surface area contributed by atoms with Gasteiger partial charge in [0.15, 0.2) is 0 Å². The number of anilines is 2. The third-order valence-electron chi connectivity index (χ3n) is 4.83. The molecule has 4 heterocycles. The van der Waals surface area contributed by atoms with E-state index in [2.05, 4.69) is 20.7 Å². The molecule has 7 heteroatoms. The number of pyridine rings is 2. The maximum atomic E-state index is 13.9. The Morgan fingerprint density at radius 2 is 2.00 bits per heavy atom. The molecule has 5 rings (SSSR count). The van der Waals surface area contributed by atoms with Crippen molar-refractivity contribution in [2.24, 2.45) is 4.99 Å². The normalized spacial score (nSPS) is 14.7. The molecular formula is C21H17FN6. The summed E-state index contributed by atoms with van der Waals surface area (Å²) in [5, 5.41) is 5.23. The van der Waals surface area contributed by atoms with Gasteiger partial charge in [0.2, 0.25) is 0 Å². The van der Waals surface area contributed by atoms with Gasteiger partial charge >= 0.3 is 0 Å². The third kappa shape index (κ3) is 2.91. The highest BCUT2D eigenvalue weighted by Crippen LogP contribution is 2.40. The molecule has 0 bridgehead atoms. The maximum absolute atomic E-state index is 13.9. The van der Waals surface area contributed by atoms with E-state index in [1.165, 1.54) is 6.07 Å². The zero-order chi connectivity index (χ0) is 18.9. The molecule has 0 radical (unpaired) electrons. The average Bonchev–Trinajstić information content (AvgIpc) is 2.87. The van der Waals surface area contributed by atoms with Gasteiger partial charge in [0.25, 0.3) is 0 Å². The van der Waals surface area contributed by atoms with Crippen molar-refractivity contribution in [3.05, 3.63) is 83.6 Å². The second-order valence-electron chi connectivity index (χ2n) is 6.57. The van der Waals surface area contributed by atoms with E-state index < -0.39 is 0 Å². The van der Waals surface area contributed by atoms with E-state index in [9.17, 15) is 4.39 Å². The summed E-state index contributed by atoms with van der Waals surface area (Å²) >= 11 is 0. The number of aromatic nitrogens is 2. The van der Waals surface area contributed by atoms with Gasteiger partial charge in [-0.2, -0.15) is 0 Å². The second-order valence-corrected chi connectivity index (χ2v) is 6.57. The predicted molar refractivity (Wildman–Crippen MR) is 107 cm³/mol. The molecule has 0 aliphatic carbocycles. The summed E-state index contributed by atoms with van der Waals surface area (Å²) in [6.07, 6.45) is 7.05. The summed E-state index contributed by atoms with van der Waals surface area (Å²) in [4.78, 5) is 13.4. The van der Waals surface area contributed by atoms with Crippen LogP contribution in [-0.4, -0.2) is 27.9 Å². The fraction of sp³-hybridized carbons (Fsp3) is 0.0952. The first-order valence-corrected chi connectivity index (χ1v) is 8.97. The van der Waals surface area contributed by atoms with Gasteiger partial charge in [0, 0.05) is 41.2 Å². The molecule has 2 aliphatic rings. The minimum absolute atomic E-state index is 0.223. The minimum Gasteiger partial charge on any atom is -0.338 e. The van der Waals surface area contributed by atoms with E-state index in [0.717, 1.165) is 33.9 Å². The molecule has 138 valence electrons. The van der Waals surface area contributed by atoms with Crippen LogP contribution in [0.15, 0.2) is 66.0 Å². The number of hydrogen-bond donors (Lipinski definition) is 2. The molecular weight excluding hydrogens is 355 g/mol. The average molecular weight is 372 g/mol. The minimum atomic E-state index is -0.223. The Balaban J connectivity index is 1.48. The smallest absolute Gasteiger partial charge is 0.139 e. The SMILES string of the molecule is Fc1ccccc1CNN1C=NC2=C(C1)c1ccncc1Nc1ncccc12. The van der Waals surface area contributed by atoms with E-state index in [-0.39, 0.29) is 5.82 Å². The number of nitrogens with zero attached hydrogens (tertiary/aromatic N) is 4. The van der Waals surface area contributed by atoms with Gasteiger partial charge in [0.1, 0.15) is 18.0 Å². The molecule has 2 aliphatic heterocycles. The number of rotatable bonds is 3. The monoisotopic (exact) mass is 372 g/mol. The number of hydrazine groups is 1. The van der Waals surface area contributed by atoms with Crippen molar-refractivity contribution in [3.63, 3.8) is 0 Å². The van der Waals surface area contributed by atoms with Crippen LogP contribution in [0.2, 0.25) is 0 Å². The van der Waals surface area contributed by atoms with Crippen LogP contribution in [-0.2, 0) is 6.54 Å². The standard InChI is InChI=1S/C21H17FN6/c22-18-6-2-1-4-14(18)10-26-28-12-17-15-7-9-23-11-19(15)27-21-16(5-3-8-24-21)20(17)25-13-28/h1-9,11,13,26H,10,12H2,(H,24,27). The molecule has 0 saturated carbocycles. The van der Waals surface area contributed by atoms with Crippen LogP contribution in [0.4, 0.5) is 15.9 Å². The number of fused-ring (bicyclic) bond motifs is 4. The van der Waals surface area contributed by atoms with Crippen LogP contribution in [0.1, 0.15) is 16.7 Å². The fourth-order valence-electron chi connectivity index (χ4n) is 3.44. The number of nitrogens with one attached hydrogen (secondary N) is 2. The van der Waals surface area contributed by atoms with Gasteiger partial charge < -0.3 is 5.32 Å². The number of benzene rings is 1. The van der Waals surface area contributed by atoms with Crippen LogP contribution in [0, 0.1) is 5.82 Å². The molecule has 0 fully saturated rings. The van der Waals surface area contributed by atoms with Gasteiger partial charge in [-0.1, -0.05) is 18.2 Å². The lowest BCUT2D eigenvalue weighted by Gasteiger charge is -2.27. The summed E-state index contributed by atoms with van der Waals surface area (Å²) in [6.45, 7) is 0.960. The van der Waals surface area contributed by atoms with Crippen molar-refractivity contribution >= 4 is 29.1 Å². The van der Waals surface area contributed by atoms with Crippen LogP contribution in [0.5, 0.6) is 0 Å². The maximum Gasteiger partial charge on any atom is 0.139 e. The molecule has 0 unspecified atom stereocenters. The molecule has 1 aromatic carbocycles. The summed E-state index contributed by atoms with van der Waals surface area (Å²) < 4.78 is 13.9. The largest absolute Gasteiger partial charge is 0.338 e. The number of aliphatic imine (C=N–C) groups is 1. The Morgan fingerprint density at radius 3 is 2.93 bits per heavy atom. The van der Waals surface area contributed by atoms with Crippen LogP contribution < -0.4 is 10.7 Å². The highest BCUT2D eigenvalue weighted by atomic mass is 19.1. The number of halogens is 1. The van der Waals surface area contributed by atoms with E-state index in [4.69, 9.17) is 4.99 Å². The van der Waals surface area contributed by atoms with Crippen LogP contribution >= 0.6 is 0 Å².